The third-order valence-corrected chi connectivity index (χ3v) is 5.18. The fourth-order valence-corrected chi connectivity index (χ4v) is 3.66. The van der Waals surface area contributed by atoms with Gasteiger partial charge in [0.1, 0.15) is 0 Å². The van der Waals surface area contributed by atoms with Gasteiger partial charge in [0.15, 0.2) is 0 Å². The van der Waals surface area contributed by atoms with Gasteiger partial charge in [0.05, 0.1) is 16.3 Å². The van der Waals surface area contributed by atoms with Gasteiger partial charge in [-0.3, -0.25) is 9.59 Å². The molecule has 1 N–H and O–H groups in total. The Bertz CT molecular complexity index is 952. The van der Waals surface area contributed by atoms with Crippen LogP contribution in [-0.2, 0) is 16.0 Å². The van der Waals surface area contributed by atoms with E-state index in [1.807, 2.05) is 35.7 Å². The molecule has 3 aromatic rings. The molecular weight excluding hydrogens is 364 g/mol. The first-order chi connectivity index (χ1) is 13.2. The van der Waals surface area contributed by atoms with Crippen molar-refractivity contribution in [2.45, 2.75) is 25.7 Å². The van der Waals surface area contributed by atoms with E-state index < -0.39 is 0 Å². The molecule has 27 heavy (non-hydrogen) atoms. The van der Waals surface area contributed by atoms with Crippen LogP contribution < -0.4 is 10.2 Å². The number of benzene rings is 1. The Morgan fingerprint density at radius 3 is 2.93 bits per heavy atom. The van der Waals surface area contributed by atoms with Crippen LogP contribution in [0.15, 0.2) is 46.3 Å². The summed E-state index contributed by atoms with van der Waals surface area (Å²) in [5.41, 5.74) is 1.38. The lowest BCUT2D eigenvalue weighted by molar-refractivity contribution is -0.117. The molecule has 1 aliphatic heterocycles. The smallest absolute Gasteiger partial charge is 0.227 e. The van der Waals surface area contributed by atoms with E-state index in [0.29, 0.717) is 36.8 Å². The van der Waals surface area contributed by atoms with E-state index in [9.17, 15) is 9.59 Å². The number of anilines is 2. The summed E-state index contributed by atoms with van der Waals surface area (Å²) in [4.78, 5) is 31.4. The van der Waals surface area contributed by atoms with Gasteiger partial charge in [0.2, 0.25) is 23.5 Å². The third-order valence-electron chi connectivity index (χ3n) is 4.32. The first kappa shape index (κ1) is 17.4. The van der Waals surface area contributed by atoms with E-state index in [2.05, 4.69) is 15.5 Å². The molecule has 0 aliphatic carbocycles. The average molecular weight is 382 g/mol. The molecule has 7 nitrogen and oxygen atoms in total. The molecule has 0 atom stereocenters. The monoisotopic (exact) mass is 382 g/mol. The summed E-state index contributed by atoms with van der Waals surface area (Å²) >= 11 is 1.53. The van der Waals surface area contributed by atoms with Crippen LogP contribution in [0.4, 0.5) is 11.4 Å². The molecule has 138 valence electrons. The number of aromatic nitrogens is 2. The van der Waals surface area contributed by atoms with Gasteiger partial charge in [-0.2, -0.15) is 4.98 Å². The van der Waals surface area contributed by atoms with E-state index in [4.69, 9.17) is 4.52 Å². The molecule has 3 heterocycles. The van der Waals surface area contributed by atoms with Crippen LogP contribution in [0.2, 0.25) is 0 Å². The topological polar surface area (TPSA) is 88.3 Å². The maximum Gasteiger partial charge on any atom is 0.227 e. The minimum absolute atomic E-state index is 0.0867. The number of nitrogens with zero attached hydrogens (tertiary/aromatic N) is 3. The zero-order chi connectivity index (χ0) is 18.6. The summed E-state index contributed by atoms with van der Waals surface area (Å²) in [6.07, 6.45) is 1.96. The molecule has 1 fully saturated rings. The lowest BCUT2D eigenvalue weighted by Crippen LogP contribution is -2.25. The second-order valence-corrected chi connectivity index (χ2v) is 7.15. The van der Waals surface area contributed by atoms with Crippen LogP contribution >= 0.6 is 11.3 Å². The Labute approximate surface area is 160 Å². The molecule has 1 aromatic carbocycles. The van der Waals surface area contributed by atoms with Crippen LogP contribution in [0.1, 0.15) is 25.2 Å². The van der Waals surface area contributed by atoms with Gasteiger partial charge < -0.3 is 14.7 Å². The third kappa shape index (κ3) is 3.90. The van der Waals surface area contributed by atoms with Crippen molar-refractivity contribution in [1.82, 2.24) is 10.1 Å². The van der Waals surface area contributed by atoms with Crippen LogP contribution in [0.5, 0.6) is 0 Å². The number of thiophene rings is 1. The maximum atomic E-state index is 12.4. The Morgan fingerprint density at radius 1 is 1.26 bits per heavy atom. The fraction of sp³-hybridized carbons (Fsp3) is 0.263. The molecule has 0 bridgehead atoms. The van der Waals surface area contributed by atoms with Crippen molar-refractivity contribution >= 4 is 34.5 Å². The van der Waals surface area contributed by atoms with Crippen LogP contribution in [0, 0.1) is 0 Å². The van der Waals surface area contributed by atoms with Crippen molar-refractivity contribution < 1.29 is 14.1 Å². The van der Waals surface area contributed by atoms with Crippen molar-refractivity contribution in [2.24, 2.45) is 0 Å². The summed E-state index contributed by atoms with van der Waals surface area (Å²) in [6.45, 7) is 0.680. The zero-order valence-corrected chi connectivity index (χ0v) is 15.4. The van der Waals surface area contributed by atoms with Gasteiger partial charge in [0, 0.05) is 25.8 Å². The summed E-state index contributed by atoms with van der Waals surface area (Å²) in [6, 6.07) is 11.2. The van der Waals surface area contributed by atoms with Crippen LogP contribution in [0.25, 0.3) is 10.7 Å². The number of hydrogen-bond donors (Lipinski definition) is 1. The first-order valence-corrected chi connectivity index (χ1v) is 9.64. The number of nitrogens with one attached hydrogen (secondary N) is 1. The second kappa shape index (κ2) is 7.71. The Balaban J connectivity index is 1.38. The van der Waals surface area contributed by atoms with Gasteiger partial charge >= 0.3 is 0 Å². The van der Waals surface area contributed by atoms with Gasteiger partial charge in [-0.15, -0.1) is 11.3 Å². The highest BCUT2D eigenvalue weighted by molar-refractivity contribution is 7.13. The highest BCUT2D eigenvalue weighted by Gasteiger charge is 2.24. The molecule has 0 unspecified atom stereocenters. The molecule has 0 spiro atoms. The predicted octanol–water partition coefficient (Wildman–Crippen LogP) is 3.50. The van der Waals surface area contributed by atoms with Crippen molar-refractivity contribution in [3.05, 3.63) is 47.7 Å². The quantitative estimate of drug-likeness (QED) is 0.705. The lowest BCUT2D eigenvalue weighted by Gasteiger charge is -2.19. The number of hydrogen-bond acceptors (Lipinski definition) is 6. The minimum atomic E-state index is -0.162. The first-order valence-electron chi connectivity index (χ1n) is 8.76. The van der Waals surface area contributed by atoms with Gasteiger partial charge in [-0.1, -0.05) is 23.4 Å². The van der Waals surface area contributed by atoms with Crippen molar-refractivity contribution in [1.29, 1.82) is 0 Å². The standard InChI is InChI=1S/C19H18N4O3S/c24-16(9-10-17-21-19(22-26-17)15-7-4-12-27-15)20-13-5-1-2-6-14(13)23-11-3-8-18(23)25/h1-2,4-7,12H,3,8-11H2,(H,20,24). The van der Waals surface area contributed by atoms with Crippen molar-refractivity contribution in [2.75, 3.05) is 16.8 Å². The highest BCUT2D eigenvalue weighted by atomic mass is 32.1. The van der Waals surface area contributed by atoms with E-state index in [1.165, 1.54) is 11.3 Å². The Kier molecular flexibility index (Phi) is 4.97. The van der Waals surface area contributed by atoms with Crippen LogP contribution in [0.3, 0.4) is 0 Å². The SMILES string of the molecule is O=C(CCc1nc(-c2cccs2)no1)Nc1ccccc1N1CCCC1=O. The van der Waals surface area contributed by atoms with Crippen molar-refractivity contribution in [3.63, 3.8) is 0 Å². The number of carbonyl (C=O) groups is 2. The van der Waals surface area contributed by atoms with E-state index in [0.717, 1.165) is 17.0 Å². The number of carbonyl (C=O) groups excluding carboxylic acids is 2. The summed E-state index contributed by atoms with van der Waals surface area (Å²) < 4.78 is 5.22. The van der Waals surface area contributed by atoms with E-state index in [-0.39, 0.29) is 18.2 Å². The highest BCUT2D eigenvalue weighted by Crippen LogP contribution is 2.29. The second-order valence-electron chi connectivity index (χ2n) is 6.20. The molecule has 2 aromatic heterocycles. The molecule has 8 heteroatoms. The van der Waals surface area contributed by atoms with Crippen LogP contribution in [-0.4, -0.2) is 28.5 Å². The summed E-state index contributed by atoms with van der Waals surface area (Å²) in [5.74, 6) is 0.892. The zero-order valence-electron chi connectivity index (χ0n) is 14.6. The maximum absolute atomic E-state index is 12.4. The van der Waals surface area contributed by atoms with Crippen molar-refractivity contribution in [3.8, 4) is 10.7 Å². The molecule has 1 aliphatic rings. The van der Waals surface area contributed by atoms with Gasteiger partial charge in [-0.25, -0.2) is 0 Å². The van der Waals surface area contributed by atoms with E-state index >= 15 is 0 Å². The normalized spacial score (nSPS) is 13.9. The minimum Gasteiger partial charge on any atom is -0.339 e. The molecule has 1 saturated heterocycles. The van der Waals surface area contributed by atoms with Gasteiger partial charge in [-0.05, 0) is 30.0 Å². The molecule has 2 amide bonds. The molecular formula is C19H18N4O3S. The van der Waals surface area contributed by atoms with Gasteiger partial charge in [0.25, 0.3) is 0 Å². The fourth-order valence-electron chi connectivity index (χ4n) is 3.01. The van der Waals surface area contributed by atoms with E-state index in [1.54, 1.807) is 11.0 Å². The molecule has 4 rings (SSSR count). The Morgan fingerprint density at radius 2 is 2.15 bits per heavy atom. The summed E-state index contributed by atoms with van der Waals surface area (Å²) in [7, 11) is 0. The number of rotatable bonds is 6. The number of aryl methyl sites for hydroxylation is 1. The largest absolute Gasteiger partial charge is 0.339 e. The number of para-hydroxylation sites is 2. The molecule has 0 radical (unpaired) electrons. The summed E-state index contributed by atoms with van der Waals surface area (Å²) in [5, 5.41) is 8.78. The molecule has 0 saturated carbocycles. The predicted molar refractivity (Wildman–Crippen MR) is 103 cm³/mol. The average Bonchev–Trinajstić information content (AvgIpc) is 3.42. The Hall–Kier alpha value is -3.00. The number of amides is 2. The lowest BCUT2D eigenvalue weighted by atomic mass is 10.2.